The van der Waals surface area contributed by atoms with Crippen molar-refractivity contribution in [1.82, 2.24) is 0 Å². The topological polar surface area (TPSA) is 0 Å². The molecule has 1 aliphatic heterocycles. The fourth-order valence-electron chi connectivity index (χ4n) is 8.56. The second-order valence-corrected chi connectivity index (χ2v) is 21.1. The normalized spacial score (nSPS) is 18.7. The number of hydrogen-bond acceptors (Lipinski definition) is 0. The molecule has 0 fully saturated rings. The van der Waals surface area contributed by atoms with Gasteiger partial charge in [-0.15, -0.1) is 0 Å². The smallest absolute Gasteiger partial charge is 1.00 e. The molecular formula is C40H42Cl2SiZr. The molecule has 0 saturated heterocycles. The first kappa shape index (κ1) is 33.4. The quantitative estimate of drug-likeness (QED) is 0.253. The van der Waals surface area contributed by atoms with Gasteiger partial charge in [0.1, 0.15) is 0 Å². The van der Waals surface area contributed by atoms with Gasteiger partial charge in [0.15, 0.2) is 0 Å². The zero-order valence-corrected chi connectivity index (χ0v) is 32.2. The third kappa shape index (κ3) is 4.69. The zero-order valence-electron chi connectivity index (χ0n) is 27.3. The Morgan fingerprint density at radius 1 is 0.545 bits per heavy atom. The van der Waals surface area contributed by atoms with Crippen LogP contribution in [-0.2, 0) is 23.2 Å². The minimum atomic E-state index is -2.12. The van der Waals surface area contributed by atoms with Gasteiger partial charge in [-0.05, 0) is 0 Å². The molecule has 44 heavy (non-hydrogen) atoms. The third-order valence-corrected chi connectivity index (χ3v) is 19.3. The molecule has 224 valence electrons. The van der Waals surface area contributed by atoms with Crippen molar-refractivity contribution in [2.45, 2.75) is 74.7 Å². The van der Waals surface area contributed by atoms with E-state index in [4.69, 9.17) is 0 Å². The molecule has 2 unspecified atom stereocenters. The summed E-state index contributed by atoms with van der Waals surface area (Å²) in [5.74, 6) is 0. The van der Waals surface area contributed by atoms with E-state index in [2.05, 4.69) is 127 Å². The summed E-state index contributed by atoms with van der Waals surface area (Å²) in [6, 6.07) is 28.5. The molecule has 4 aromatic rings. The van der Waals surface area contributed by atoms with Crippen LogP contribution in [0.15, 0.2) is 83.9 Å². The molecule has 2 atom stereocenters. The largest absolute Gasteiger partial charge is 1.00 e. The molecule has 0 spiro atoms. The molecule has 2 aliphatic carbocycles. The van der Waals surface area contributed by atoms with Crippen molar-refractivity contribution in [2.24, 2.45) is 0 Å². The number of allylic oxidation sites excluding steroid dienone is 2. The van der Waals surface area contributed by atoms with E-state index in [-0.39, 0.29) is 24.8 Å². The fraction of sp³-hybridized carbons (Fsp3) is 0.300. The minimum absolute atomic E-state index is 0. The molecule has 3 aliphatic rings. The van der Waals surface area contributed by atoms with Crippen LogP contribution in [0.2, 0.25) is 13.1 Å². The zero-order chi connectivity index (χ0) is 29.5. The summed E-state index contributed by atoms with van der Waals surface area (Å²) in [5, 5.41) is 3.57. The third-order valence-electron chi connectivity index (χ3n) is 10.8. The fourth-order valence-corrected chi connectivity index (χ4v) is 19.2. The predicted octanol–water partition coefficient (Wildman–Crippen LogP) is 5.28. The number of rotatable bonds is 4. The van der Waals surface area contributed by atoms with Gasteiger partial charge in [0.2, 0.25) is 0 Å². The first-order valence-corrected chi connectivity index (χ1v) is 21.7. The van der Waals surface area contributed by atoms with Crippen molar-refractivity contribution in [1.29, 1.82) is 0 Å². The van der Waals surface area contributed by atoms with Gasteiger partial charge in [-0.1, -0.05) is 0 Å². The standard InChI is InChI=1S/C40H42Si.2ClH.Zr/c1-9-29-23-31-17-13-21-35(33-19-11-15-25(3)27(33)5)37(31)39(29)41(7,8)40-30(10-2)24-32-18-14-22-36(38(32)40)34-20-12-16-26(4)28(34)6;;;/h11-24H,9-10H2,1-8H3;2*1H;/q;;;+2/p-2. The Balaban J connectivity index is 0.00000192. The van der Waals surface area contributed by atoms with Crippen molar-refractivity contribution in [3.8, 4) is 22.3 Å². The van der Waals surface area contributed by atoms with Gasteiger partial charge in [-0.3, -0.25) is 0 Å². The van der Waals surface area contributed by atoms with E-state index >= 15 is 0 Å². The van der Waals surface area contributed by atoms with Crippen LogP contribution in [0.1, 0.15) is 78.4 Å². The van der Waals surface area contributed by atoms with Crippen molar-refractivity contribution >= 4 is 18.5 Å². The Morgan fingerprint density at radius 2 is 0.909 bits per heavy atom. The number of fused-ring (bicyclic) bond motifs is 8. The molecule has 4 aromatic carbocycles. The van der Waals surface area contributed by atoms with Crippen LogP contribution >= 0.6 is 0 Å². The Hall–Kier alpha value is -1.96. The summed E-state index contributed by atoms with van der Waals surface area (Å²) in [4.78, 5) is 0. The minimum Gasteiger partial charge on any atom is -1.00 e. The van der Waals surface area contributed by atoms with Gasteiger partial charge < -0.3 is 24.8 Å². The van der Waals surface area contributed by atoms with E-state index in [0.717, 1.165) is 0 Å². The molecule has 0 radical (unpaired) electrons. The number of halogens is 2. The number of hydrogen-bond donors (Lipinski definition) is 0. The first-order chi connectivity index (χ1) is 20.2. The maximum absolute atomic E-state index is 2.71. The van der Waals surface area contributed by atoms with E-state index in [1.807, 2.05) is 11.1 Å². The summed E-state index contributed by atoms with van der Waals surface area (Å²) >= 11 is -0.928. The Morgan fingerprint density at radius 3 is 1.30 bits per heavy atom. The van der Waals surface area contributed by atoms with Gasteiger partial charge in [-0.2, -0.15) is 0 Å². The van der Waals surface area contributed by atoms with Crippen molar-refractivity contribution in [3.63, 3.8) is 0 Å². The van der Waals surface area contributed by atoms with Gasteiger partial charge in [0.05, 0.1) is 0 Å². The molecule has 0 saturated carbocycles. The Bertz CT molecular complexity index is 1730. The number of aryl methyl sites for hydroxylation is 2. The summed E-state index contributed by atoms with van der Waals surface area (Å²) in [7, 11) is -2.12. The molecule has 7 rings (SSSR count). The number of benzene rings is 4. The average molecular weight is 713 g/mol. The predicted molar refractivity (Wildman–Crippen MR) is 180 cm³/mol. The van der Waals surface area contributed by atoms with Crippen LogP contribution in [0.25, 0.3) is 32.6 Å². The van der Waals surface area contributed by atoms with Crippen molar-refractivity contribution < 1.29 is 48.0 Å². The van der Waals surface area contributed by atoms with Crippen LogP contribution in [0, 0.1) is 27.7 Å². The first-order valence-electron chi connectivity index (χ1n) is 15.8. The summed E-state index contributed by atoms with van der Waals surface area (Å²) in [6.07, 6.45) is 2.36. The van der Waals surface area contributed by atoms with E-state index in [9.17, 15) is 0 Å². The van der Waals surface area contributed by atoms with Crippen LogP contribution < -0.4 is 24.8 Å². The molecule has 1 heterocycles. The Labute approximate surface area is 289 Å². The van der Waals surface area contributed by atoms with E-state index in [1.54, 1.807) is 32.6 Å². The monoisotopic (exact) mass is 710 g/mol. The maximum Gasteiger partial charge on any atom is -1.00 e. The van der Waals surface area contributed by atoms with E-state index < -0.39 is 31.3 Å². The second kappa shape index (κ2) is 12.3. The van der Waals surface area contributed by atoms with E-state index in [1.165, 1.54) is 57.3 Å². The molecule has 0 amide bonds. The summed E-state index contributed by atoms with van der Waals surface area (Å²) in [6.45, 7) is 19.5. The molecule has 4 bridgehead atoms. The van der Waals surface area contributed by atoms with Gasteiger partial charge in [0, 0.05) is 0 Å². The van der Waals surface area contributed by atoms with Crippen LogP contribution in [0.5, 0.6) is 0 Å². The van der Waals surface area contributed by atoms with Gasteiger partial charge >= 0.3 is 267 Å². The SMILES string of the molecule is CCC1=C2c3c(-c4cccc(C)c4C)cccc3[CH]1[Zr+2][CH]1C(CC)=C(c3c(-c4cccc(C)c4C)cccc31)[Si]2(C)C.[Cl-].[Cl-]. The van der Waals surface area contributed by atoms with Crippen LogP contribution in [0.3, 0.4) is 0 Å². The molecule has 0 nitrogen and oxygen atoms in total. The maximum atomic E-state index is 2.71. The van der Waals surface area contributed by atoms with E-state index in [0.29, 0.717) is 7.25 Å². The molecule has 0 aromatic heterocycles. The molecule has 4 heteroatoms. The van der Waals surface area contributed by atoms with Gasteiger partial charge in [0.25, 0.3) is 0 Å². The van der Waals surface area contributed by atoms with Crippen LogP contribution in [0.4, 0.5) is 0 Å². The van der Waals surface area contributed by atoms with Crippen LogP contribution in [-0.4, -0.2) is 8.07 Å². The summed E-state index contributed by atoms with van der Waals surface area (Å²) in [5.41, 5.74) is 21.7. The van der Waals surface area contributed by atoms with Crippen molar-refractivity contribution in [3.05, 3.63) is 128 Å². The average Bonchev–Trinajstić information content (AvgIpc) is 3.50. The van der Waals surface area contributed by atoms with Gasteiger partial charge in [-0.25, -0.2) is 0 Å². The Kier molecular flexibility index (Phi) is 9.36. The second-order valence-electron chi connectivity index (χ2n) is 13.2. The molecule has 0 N–H and O–H groups in total. The molecular weight excluding hydrogens is 671 g/mol. The van der Waals surface area contributed by atoms with Crippen molar-refractivity contribution in [2.75, 3.05) is 0 Å². The summed E-state index contributed by atoms with van der Waals surface area (Å²) < 4.78 is 1.34.